The van der Waals surface area contributed by atoms with Gasteiger partial charge in [0.05, 0.1) is 5.69 Å². The summed E-state index contributed by atoms with van der Waals surface area (Å²) < 4.78 is 0. The van der Waals surface area contributed by atoms with Gasteiger partial charge in [-0.2, -0.15) is 0 Å². The number of carboxylic acid groups (broad SMARTS) is 1. The van der Waals surface area contributed by atoms with E-state index in [2.05, 4.69) is 73.9 Å². The fourth-order valence-corrected chi connectivity index (χ4v) is 6.89. The minimum Gasteiger partial charge on any atom is -0.481 e. The number of carboxylic acids is 1. The lowest BCUT2D eigenvalue weighted by Gasteiger charge is -2.48. The summed E-state index contributed by atoms with van der Waals surface area (Å²) in [6.45, 7) is 14.4. The lowest BCUT2D eigenvalue weighted by Crippen LogP contribution is -2.46. The molecule has 1 aromatic heterocycles. The van der Waals surface area contributed by atoms with Crippen LogP contribution in [0.25, 0.3) is 11.3 Å². The number of pyridine rings is 1. The summed E-state index contributed by atoms with van der Waals surface area (Å²) in [4.78, 5) is 20.7. The zero-order valence-electron chi connectivity index (χ0n) is 23.6. The van der Waals surface area contributed by atoms with E-state index in [1.54, 1.807) is 11.1 Å². The molecular weight excluding hydrogens is 458 g/mol. The van der Waals surface area contributed by atoms with E-state index in [0.29, 0.717) is 5.41 Å². The molecular formula is C32H47N3O2. The Morgan fingerprint density at radius 3 is 2.14 bits per heavy atom. The Labute approximate surface area is 224 Å². The van der Waals surface area contributed by atoms with Crippen molar-refractivity contribution in [2.45, 2.75) is 96.3 Å². The number of hydrogen-bond acceptors (Lipinski definition) is 4. The van der Waals surface area contributed by atoms with Crippen LogP contribution in [0.15, 0.2) is 36.4 Å². The van der Waals surface area contributed by atoms with Crippen LogP contribution in [0.4, 0.5) is 5.82 Å². The van der Waals surface area contributed by atoms with Crippen molar-refractivity contribution in [2.75, 3.05) is 37.6 Å². The van der Waals surface area contributed by atoms with Gasteiger partial charge in [0.2, 0.25) is 0 Å². The molecule has 2 heterocycles. The van der Waals surface area contributed by atoms with Crippen LogP contribution in [-0.2, 0) is 15.6 Å². The molecule has 1 aliphatic carbocycles. The Bertz CT molecular complexity index is 1050. The van der Waals surface area contributed by atoms with Gasteiger partial charge in [0, 0.05) is 38.2 Å². The molecule has 37 heavy (non-hydrogen) atoms. The van der Waals surface area contributed by atoms with Crippen LogP contribution < -0.4 is 4.90 Å². The summed E-state index contributed by atoms with van der Waals surface area (Å²) in [6.07, 6.45) is 9.36. The normalized spacial score (nSPS) is 19.0. The Morgan fingerprint density at radius 1 is 0.865 bits per heavy atom. The Balaban J connectivity index is 1.52. The molecule has 0 amide bonds. The molecule has 1 N–H and O–H groups in total. The van der Waals surface area contributed by atoms with Crippen LogP contribution in [0.1, 0.15) is 96.6 Å². The standard InChI is InChI=1S/C32H47N3O2/c1-5-31(6-2)17-18-32(7-3,8-4)27-24-25(15-16-26(27)31)28-12-11-13-29(33-28)35-22-20-34(21-23-35)19-10-9-14-30(36)37/h11-13,15-16,24H,5-10,14,17-23H2,1-4H3,(H,36,37). The van der Waals surface area contributed by atoms with Crippen LogP contribution in [0, 0.1) is 0 Å². The first kappa shape index (κ1) is 27.6. The summed E-state index contributed by atoms with van der Waals surface area (Å²) in [5.41, 5.74) is 6.07. The number of piperazine rings is 1. The molecule has 2 aromatic rings. The smallest absolute Gasteiger partial charge is 0.303 e. The molecule has 1 aliphatic heterocycles. The van der Waals surface area contributed by atoms with Gasteiger partial charge in [-0.3, -0.25) is 9.69 Å². The molecule has 0 saturated carbocycles. The third-order valence-corrected chi connectivity index (χ3v) is 9.79. The molecule has 202 valence electrons. The third kappa shape index (κ3) is 5.72. The van der Waals surface area contributed by atoms with Gasteiger partial charge in [-0.25, -0.2) is 4.98 Å². The number of anilines is 1. The van der Waals surface area contributed by atoms with E-state index in [-0.39, 0.29) is 11.8 Å². The highest BCUT2D eigenvalue weighted by Crippen LogP contribution is 2.52. The predicted molar refractivity (Wildman–Crippen MR) is 154 cm³/mol. The Kier molecular flexibility index (Phi) is 8.94. The van der Waals surface area contributed by atoms with Crippen LogP contribution in [0.2, 0.25) is 0 Å². The highest BCUT2D eigenvalue weighted by Gasteiger charge is 2.43. The first-order valence-electron chi connectivity index (χ1n) is 14.7. The fourth-order valence-electron chi connectivity index (χ4n) is 6.89. The monoisotopic (exact) mass is 505 g/mol. The molecule has 5 heteroatoms. The molecule has 4 rings (SSSR count). The van der Waals surface area contributed by atoms with Crippen LogP contribution in [0.5, 0.6) is 0 Å². The van der Waals surface area contributed by atoms with Crippen molar-refractivity contribution in [3.63, 3.8) is 0 Å². The van der Waals surface area contributed by atoms with Crippen molar-refractivity contribution in [3.05, 3.63) is 47.5 Å². The lowest BCUT2D eigenvalue weighted by molar-refractivity contribution is -0.137. The van der Waals surface area contributed by atoms with E-state index in [9.17, 15) is 4.79 Å². The number of nitrogens with zero attached hydrogens (tertiary/aromatic N) is 3. The van der Waals surface area contributed by atoms with Crippen LogP contribution in [0.3, 0.4) is 0 Å². The minimum absolute atomic E-state index is 0.273. The topological polar surface area (TPSA) is 56.7 Å². The maximum absolute atomic E-state index is 10.7. The van der Waals surface area contributed by atoms with E-state index in [0.717, 1.165) is 57.1 Å². The van der Waals surface area contributed by atoms with Gasteiger partial charge >= 0.3 is 5.97 Å². The molecule has 1 saturated heterocycles. The Morgan fingerprint density at radius 2 is 1.51 bits per heavy atom. The number of aliphatic carboxylic acids is 1. The second-order valence-electron chi connectivity index (χ2n) is 11.3. The highest BCUT2D eigenvalue weighted by atomic mass is 16.4. The second-order valence-corrected chi connectivity index (χ2v) is 11.3. The number of unbranched alkanes of at least 4 members (excludes halogenated alkanes) is 1. The minimum atomic E-state index is -0.695. The van der Waals surface area contributed by atoms with E-state index in [4.69, 9.17) is 10.1 Å². The average Bonchev–Trinajstić information content (AvgIpc) is 2.95. The van der Waals surface area contributed by atoms with E-state index in [1.807, 2.05) is 0 Å². The van der Waals surface area contributed by atoms with E-state index in [1.165, 1.54) is 44.1 Å². The molecule has 5 nitrogen and oxygen atoms in total. The summed E-state index contributed by atoms with van der Waals surface area (Å²) in [5.74, 6) is 0.370. The molecule has 0 bridgehead atoms. The number of fused-ring (bicyclic) bond motifs is 1. The zero-order chi connectivity index (χ0) is 26.5. The maximum atomic E-state index is 10.7. The highest BCUT2D eigenvalue weighted by molar-refractivity contribution is 5.66. The van der Waals surface area contributed by atoms with Crippen molar-refractivity contribution >= 4 is 11.8 Å². The molecule has 1 fully saturated rings. The number of carbonyl (C=O) groups is 1. The molecule has 0 unspecified atom stereocenters. The van der Waals surface area contributed by atoms with Gasteiger partial charge in [-0.1, -0.05) is 45.9 Å². The van der Waals surface area contributed by atoms with Gasteiger partial charge < -0.3 is 10.0 Å². The van der Waals surface area contributed by atoms with E-state index < -0.39 is 5.97 Å². The number of hydrogen-bond donors (Lipinski definition) is 1. The SMILES string of the molecule is CCC1(CC)CCC(CC)(CC)c2cc(-c3cccc(N4CCN(CCCCC(=O)O)CC4)n3)ccc21. The maximum Gasteiger partial charge on any atom is 0.303 e. The van der Waals surface area contributed by atoms with Crippen molar-refractivity contribution in [3.8, 4) is 11.3 Å². The van der Waals surface area contributed by atoms with Crippen LogP contribution >= 0.6 is 0 Å². The molecule has 0 atom stereocenters. The number of benzene rings is 1. The molecule has 1 aromatic carbocycles. The third-order valence-electron chi connectivity index (χ3n) is 9.79. The predicted octanol–water partition coefficient (Wildman–Crippen LogP) is 7.03. The molecule has 2 aliphatic rings. The molecule has 0 radical (unpaired) electrons. The summed E-state index contributed by atoms with van der Waals surface area (Å²) >= 11 is 0. The largest absolute Gasteiger partial charge is 0.481 e. The van der Waals surface area contributed by atoms with Gasteiger partial charge in [0.15, 0.2) is 0 Å². The first-order valence-corrected chi connectivity index (χ1v) is 14.7. The lowest BCUT2D eigenvalue weighted by atomic mass is 9.57. The van der Waals surface area contributed by atoms with Crippen molar-refractivity contribution in [2.24, 2.45) is 0 Å². The van der Waals surface area contributed by atoms with Crippen molar-refractivity contribution in [1.82, 2.24) is 9.88 Å². The van der Waals surface area contributed by atoms with Crippen LogP contribution in [-0.4, -0.2) is 53.7 Å². The summed E-state index contributed by atoms with van der Waals surface area (Å²) in [5, 5.41) is 8.84. The van der Waals surface area contributed by atoms with Gasteiger partial charge in [0.1, 0.15) is 5.82 Å². The van der Waals surface area contributed by atoms with Crippen molar-refractivity contribution < 1.29 is 9.90 Å². The van der Waals surface area contributed by atoms with Gasteiger partial charge in [0.25, 0.3) is 0 Å². The van der Waals surface area contributed by atoms with Crippen molar-refractivity contribution in [1.29, 1.82) is 0 Å². The Hall–Kier alpha value is -2.40. The number of aromatic nitrogens is 1. The average molecular weight is 506 g/mol. The van der Waals surface area contributed by atoms with Gasteiger partial charge in [-0.15, -0.1) is 0 Å². The van der Waals surface area contributed by atoms with E-state index >= 15 is 0 Å². The van der Waals surface area contributed by atoms with Gasteiger partial charge in [-0.05, 0) is 98.1 Å². The molecule has 0 spiro atoms. The zero-order valence-corrected chi connectivity index (χ0v) is 23.6. The quantitative estimate of drug-likeness (QED) is 0.332. The summed E-state index contributed by atoms with van der Waals surface area (Å²) in [7, 11) is 0. The number of rotatable bonds is 11. The summed E-state index contributed by atoms with van der Waals surface area (Å²) in [6, 6.07) is 13.7. The first-order chi connectivity index (χ1) is 17.9. The second kappa shape index (κ2) is 12.0. The fraction of sp³-hybridized carbons (Fsp3) is 0.625.